The molecule has 21 heavy (non-hydrogen) atoms. The molecule has 0 saturated carbocycles. The molecule has 1 N–H and O–H groups in total. The predicted octanol–water partition coefficient (Wildman–Crippen LogP) is 3.87. The van der Waals surface area contributed by atoms with Crippen molar-refractivity contribution in [3.05, 3.63) is 34.7 Å². The van der Waals surface area contributed by atoms with Crippen molar-refractivity contribution < 1.29 is 9.47 Å². The standard InChI is InChI=1S/C16H18N2O2S/c1-16(2,3)15-17-11(9-14(21)18-15)10-4-5-12-13(8-10)20-7-6-19-12/h4-5,8-9H,6-7H2,1-3H3,(H,17,18,21). The van der Waals surface area contributed by atoms with Gasteiger partial charge in [0.15, 0.2) is 11.5 Å². The van der Waals surface area contributed by atoms with Gasteiger partial charge in [-0.3, -0.25) is 0 Å². The van der Waals surface area contributed by atoms with Gasteiger partial charge in [-0.2, -0.15) is 0 Å². The first-order chi connectivity index (χ1) is 9.93. The minimum atomic E-state index is -0.0859. The Morgan fingerprint density at radius 1 is 1.10 bits per heavy atom. The van der Waals surface area contributed by atoms with E-state index in [0.717, 1.165) is 28.6 Å². The zero-order chi connectivity index (χ0) is 15.0. The topological polar surface area (TPSA) is 47.1 Å². The molecular weight excluding hydrogens is 284 g/mol. The highest BCUT2D eigenvalue weighted by Crippen LogP contribution is 2.34. The van der Waals surface area contributed by atoms with Crippen molar-refractivity contribution in [1.29, 1.82) is 0 Å². The first-order valence-electron chi connectivity index (χ1n) is 6.95. The maximum Gasteiger partial charge on any atom is 0.162 e. The van der Waals surface area contributed by atoms with Crippen LogP contribution in [0.4, 0.5) is 0 Å². The van der Waals surface area contributed by atoms with Gasteiger partial charge in [-0.25, -0.2) is 4.98 Å². The molecule has 2 heterocycles. The molecule has 1 aliphatic heterocycles. The molecule has 4 nitrogen and oxygen atoms in total. The number of nitrogens with one attached hydrogen (secondary N) is 1. The number of ether oxygens (including phenoxy) is 2. The second-order valence-corrected chi connectivity index (χ2v) is 6.51. The molecule has 1 aliphatic rings. The Bertz CT molecular complexity index is 732. The van der Waals surface area contributed by atoms with Crippen LogP contribution < -0.4 is 9.47 Å². The summed E-state index contributed by atoms with van der Waals surface area (Å²) in [5, 5.41) is 0. The molecule has 0 saturated heterocycles. The summed E-state index contributed by atoms with van der Waals surface area (Å²) >= 11 is 5.29. The van der Waals surface area contributed by atoms with E-state index in [1.54, 1.807) is 0 Å². The normalized spacial score (nSPS) is 14.0. The first kappa shape index (κ1) is 14.1. The number of fused-ring (bicyclic) bond motifs is 1. The van der Waals surface area contributed by atoms with E-state index in [2.05, 4.69) is 30.7 Å². The third-order valence-corrected chi connectivity index (χ3v) is 3.52. The zero-order valence-corrected chi connectivity index (χ0v) is 13.2. The number of H-pyrrole nitrogens is 1. The lowest BCUT2D eigenvalue weighted by Gasteiger charge is -2.20. The molecule has 110 valence electrons. The summed E-state index contributed by atoms with van der Waals surface area (Å²) in [6, 6.07) is 7.77. The quantitative estimate of drug-likeness (QED) is 0.812. The van der Waals surface area contributed by atoms with Crippen molar-refractivity contribution >= 4 is 12.2 Å². The molecule has 0 atom stereocenters. The summed E-state index contributed by atoms with van der Waals surface area (Å²) in [5.74, 6) is 2.43. The van der Waals surface area contributed by atoms with Gasteiger partial charge in [0.1, 0.15) is 23.7 Å². The van der Waals surface area contributed by atoms with Gasteiger partial charge in [0, 0.05) is 16.7 Å². The van der Waals surface area contributed by atoms with Crippen molar-refractivity contribution in [3.63, 3.8) is 0 Å². The van der Waals surface area contributed by atoms with E-state index in [-0.39, 0.29) is 5.41 Å². The van der Waals surface area contributed by atoms with Gasteiger partial charge in [-0.1, -0.05) is 33.0 Å². The number of hydrogen-bond donors (Lipinski definition) is 1. The third kappa shape index (κ3) is 2.93. The van der Waals surface area contributed by atoms with Gasteiger partial charge in [0.25, 0.3) is 0 Å². The van der Waals surface area contributed by atoms with Crippen molar-refractivity contribution in [2.75, 3.05) is 13.2 Å². The average Bonchev–Trinajstić information content (AvgIpc) is 2.45. The molecular formula is C16H18N2O2S. The second kappa shape index (κ2) is 5.15. The smallest absolute Gasteiger partial charge is 0.162 e. The molecule has 3 rings (SSSR count). The van der Waals surface area contributed by atoms with Crippen molar-refractivity contribution in [1.82, 2.24) is 9.97 Å². The van der Waals surface area contributed by atoms with Gasteiger partial charge in [-0.15, -0.1) is 0 Å². The van der Waals surface area contributed by atoms with Crippen LogP contribution in [0.15, 0.2) is 24.3 Å². The molecule has 1 aromatic heterocycles. The van der Waals surface area contributed by atoms with Crippen LogP contribution >= 0.6 is 12.2 Å². The molecule has 0 spiro atoms. The molecule has 0 bridgehead atoms. The van der Waals surface area contributed by atoms with Crippen LogP contribution in [0.1, 0.15) is 26.6 Å². The fourth-order valence-electron chi connectivity index (χ4n) is 2.18. The molecule has 0 radical (unpaired) electrons. The third-order valence-electron chi connectivity index (χ3n) is 3.31. The van der Waals surface area contributed by atoms with Crippen LogP contribution in [-0.2, 0) is 5.41 Å². The molecule has 0 unspecified atom stereocenters. The first-order valence-corrected chi connectivity index (χ1v) is 7.36. The number of aromatic amines is 1. The summed E-state index contributed by atoms with van der Waals surface area (Å²) < 4.78 is 11.8. The fraction of sp³-hybridized carbons (Fsp3) is 0.375. The Labute approximate surface area is 129 Å². The highest BCUT2D eigenvalue weighted by atomic mass is 32.1. The minimum absolute atomic E-state index is 0.0859. The number of nitrogens with zero attached hydrogens (tertiary/aromatic N) is 1. The lowest BCUT2D eigenvalue weighted by Crippen LogP contribution is -2.17. The Kier molecular flexibility index (Phi) is 3.45. The zero-order valence-electron chi connectivity index (χ0n) is 12.4. The van der Waals surface area contributed by atoms with Gasteiger partial charge < -0.3 is 14.5 Å². The van der Waals surface area contributed by atoms with Crippen molar-refractivity contribution in [2.45, 2.75) is 26.2 Å². The molecule has 0 fully saturated rings. The van der Waals surface area contributed by atoms with E-state index in [1.165, 1.54) is 0 Å². The van der Waals surface area contributed by atoms with E-state index in [9.17, 15) is 0 Å². The van der Waals surface area contributed by atoms with Gasteiger partial charge >= 0.3 is 0 Å². The van der Waals surface area contributed by atoms with E-state index in [4.69, 9.17) is 21.7 Å². The fourth-order valence-corrected chi connectivity index (χ4v) is 2.39. The molecule has 0 aliphatic carbocycles. The highest BCUT2D eigenvalue weighted by Gasteiger charge is 2.18. The average molecular weight is 302 g/mol. The van der Waals surface area contributed by atoms with Crippen LogP contribution in [0.25, 0.3) is 11.3 Å². The Morgan fingerprint density at radius 2 is 1.81 bits per heavy atom. The largest absolute Gasteiger partial charge is 0.486 e. The Morgan fingerprint density at radius 3 is 2.52 bits per heavy atom. The number of benzene rings is 1. The van der Waals surface area contributed by atoms with Gasteiger partial charge in [0.05, 0.1) is 0 Å². The Hall–Kier alpha value is -1.88. The summed E-state index contributed by atoms with van der Waals surface area (Å²) in [6.07, 6.45) is 0. The molecule has 5 heteroatoms. The molecule has 1 aromatic carbocycles. The van der Waals surface area contributed by atoms with Crippen LogP contribution in [0.3, 0.4) is 0 Å². The molecule has 0 amide bonds. The van der Waals surface area contributed by atoms with Crippen molar-refractivity contribution in [2.24, 2.45) is 0 Å². The number of rotatable bonds is 1. The SMILES string of the molecule is CC(C)(C)c1nc(=S)cc(-c2ccc3c(c2)OCCO3)[nH]1. The van der Waals surface area contributed by atoms with E-state index in [1.807, 2.05) is 24.3 Å². The lowest BCUT2D eigenvalue weighted by molar-refractivity contribution is 0.171. The second-order valence-electron chi connectivity index (χ2n) is 6.09. The number of aromatic nitrogens is 2. The molecule has 2 aromatic rings. The Balaban J connectivity index is 2.08. The summed E-state index contributed by atoms with van der Waals surface area (Å²) in [4.78, 5) is 7.80. The predicted molar refractivity (Wildman–Crippen MR) is 84.5 cm³/mol. The summed E-state index contributed by atoms with van der Waals surface area (Å²) in [5.41, 5.74) is 1.87. The van der Waals surface area contributed by atoms with Gasteiger partial charge in [-0.05, 0) is 24.3 Å². The minimum Gasteiger partial charge on any atom is -0.486 e. The van der Waals surface area contributed by atoms with Gasteiger partial charge in [0.2, 0.25) is 0 Å². The monoisotopic (exact) mass is 302 g/mol. The van der Waals surface area contributed by atoms with Crippen LogP contribution in [0.5, 0.6) is 11.5 Å². The lowest BCUT2D eigenvalue weighted by atomic mass is 9.95. The van der Waals surface area contributed by atoms with E-state index in [0.29, 0.717) is 17.9 Å². The van der Waals surface area contributed by atoms with Crippen LogP contribution in [0, 0.1) is 4.64 Å². The van der Waals surface area contributed by atoms with E-state index >= 15 is 0 Å². The van der Waals surface area contributed by atoms with E-state index < -0.39 is 0 Å². The summed E-state index contributed by atoms with van der Waals surface area (Å²) in [6.45, 7) is 7.49. The maximum absolute atomic E-state index is 5.63. The van der Waals surface area contributed by atoms with Crippen molar-refractivity contribution in [3.8, 4) is 22.8 Å². The highest BCUT2D eigenvalue weighted by molar-refractivity contribution is 7.71. The number of hydrogen-bond acceptors (Lipinski definition) is 4. The maximum atomic E-state index is 5.63. The van der Waals surface area contributed by atoms with Crippen LogP contribution in [-0.4, -0.2) is 23.2 Å². The van der Waals surface area contributed by atoms with Crippen LogP contribution in [0.2, 0.25) is 0 Å². The summed E-state index contributed by atoms with van der Waals surface area (Å²) in [7, 11) is 0.